The number of nitrogens with two attached hydrogens (primary N) is 1. The van der Waals surface area contributed by atoms with Gasteiger partial charge in [-0.05, 0) is 90.4 Å². The number of aryl methyl sites for hydroxylation is 1. The highest BCUT2D eigenvalue weighted by Gasteiger charge is 2.49. The molecule has 4 atom stereocenters. The molecule has 12 nitrogen and oxygen atoms in total. The Morgan fingerprint density at radius 1 is 1.20 bits per heavy atom. The molecule has 0 bridgehead atoms. The summed E-state index contributed by atoms with van der Waals surface area (Å²) in [4.78, 5) is 13.8. The van der Waals surface area contributed by atoms with Gasteiger partial charge < -0.3 is 20.3 Å². The van der Waals surface area contributed by atoms with Crippen LogP contribution in [0, 0.1) is 11.3 Å². The van der Waals surface area contributed by atoms with Crippen LogP contribution in [0.2, 0.25) is 0 Å². The lowest BCUT2D eigenvalue weighted by Gasteiger charge is -2.39. The molecule has 1 fully saturated rings. The zero-order valence-corrected chi connectivity index (χ0v) is 26.5. The molecule has 45 heavy (non-hydrogen) atoms. The highest BCUT2D eigenvalue weighted by Crippen LogP contribution is 2.55. The molecule has 232 valence electrons. The van der Waals surface area contributed by atoms with Gasteiger partial charge in [0.1, 0.15) is 11.1 Å². The maximum Gasteiger partial charge on any atom is 0.186 e. The molecular formula is C32H36N10O2S. The zero-order valence-electron chi connectivity index (χ0n) is 25.7. The Balaban J connectivity index is 1.32. The highest BCUT2D eigenvalue weighted by molar-refractivity contribution is 7.16. The summed E-state index contributed by atoms with van der Waals surface area (Å²) in [6.07, 6.45) is 10.5. The van der Waals surface area contributed by atoms with E-state index in [0.29, 0.717) is 45.3 Å². The minimum atomic E-state index is -0.715. The molecule has 13 heteroatoms. The summed E-state index contributed by atoms with van der Waals surface area (Å²) in [5, 5.41) is 35.8. The number of anilines is 1. The van der Waals surface area contributed by atoms with Gasteiger partial charge in [0.2, 0.25) is 0 Å². The zero-order chi connectivity index (χ0) is 31.0. The molecule has 1 spiro atoms. The van der Waals surface area contributed by atoms with Gasteiger partial charge in [-0.3, -0.25) is 0 Å². The molecule has 6 heterocycles. The molecular weight excluding hydrogens is 588 g/mol. The predicted molar refractivity (Wildman–Crippen MR) is 169 cm³/mol. The number of rotatable bonds is 5. The summed E-state index contributed by atoms with van der Waals surface area (Å²) in [7, 11) is 2.17. The van der Waals surface area contributed by atoms with Gasteiger partial charge in [-0.15, -0.1) is 11.3 Å². The molecule has 8 rings (SSSR count). The third-order valence-electron chi connectivity index (χ3n) is 10.3. The van der Waals surface area contributed by atoms with E-state index in [1.165, 1.54) is 16.2 Å². The van der Waals surface area contributed by atoms with E-state index in [-0.39, 0.29) is 6.04 Å². The SMILES string of the molecule is CC(O)c1ccn(-c2nc(-c3noc4c3CCCC43CCCc4sc(N)c(C#N)c43)nc3c2cnn3C(C)C2CCCN2C)n1. The van der Waals surface area contributed by atoms with Gasteiger partial charge in [-0.25, -0.2) is 19.3 Å². The van der Waals surface area contributed by atoms with Gasteiger partial charge >= 0.3 is 0 Å². The maximum absolute atomic E-state index is 10.2. The third-order valence-corrected chi connectivity index (χ3v) is 11.4. The lowest BCUT2D eigenvalue weighted by Crippen LogP contribution is -2.35. The minimum absolute atomic E-state index is 0.0832. The lowest BCUT2D eigenvalue weighted by molar-refractivity contribution is 0.193. The summed E-state index contributed by atoms with van der Waals surface area (Å²) >= 11 is 1.54. The molecule has 0 saturated carbocycles. The van der Waals surface area contributed by atoms with Crippen molar-refractivity contribution in [1.29, 1.82) is 5.26 Å². The first-order valence-corrected chi connectivity index (χ1v) is 16.6. The van der Waals surface area contributed by atoms with Crippen molar-refractivity contribution >= 4 is 27.4 Å². The molecule has 5 aromatic rings. The Kier molecular flexibility index (Phi) is 6.60. The van der Waals surface area contributed by atoms with Gasteiger partial charge in [0.15, 0.2) is 28.7 Å². The van der Waals surface area contributed by atoms with Gasteiger partial charge in [0.05, 0.1) is 40.4 Å². The highest BCUT2D eigenvalue weighted by atomic mass is 32.1. The van der Waals surface area contributed by atoms with E-state index in [1.807, 2.05) is 10.9 Å². The maximum atomic E-state index is 10.2. The number of aliphatic hydroxyl groups is 1. The van der Waals surface area contributed by atoms with Crippen molar-refractivity contribution in [3.63, 3.8) is 0 Å². The van der Waals surface area contributed by atoms with E-state index in [2.05, 4.69) is 35.2 Å². The average Bonchev–Trinajstić information content (AvgIpc) is 3.86. The summed E-state index contributed by atoms with van der Waals surface area (Å²) in [5.41, 5.74) is 10.4. The van der Waals surface area contributed by atoms with Crippen molar-refractivity contribution < 1.29 is 9.63 Å². The van der Waals surface area contributed by atoms with E-state index >= 15 is 0 Å². The minimum Gasteiger partial charge on any atom is -0.389 e. The summed E-state index contributed by atoms with van der Waals surface area (Å²) in [6, 6.07) is 4.61. The van der Waals surface area contributed by atoms with Crippen molar-refractivity contribution in [1.82, 2.24) is 39.6 Å². The Bertz CT molecular complexity index is 1970. The Labute approximate surface area is 264 Å². The quantitative estimate of drug-likeness (QED) is 0.277. The number of aliphatic hydroxyl groups excluding tert-OH is 1. The fourth-order valence-electron chi connectivity index (χ4n) is 8.09. The predicted octanol–water partition coefficient (Wildman–Crippen LogP) is 4.85. The summed E-state index contributed by atoms with van der Waals surface area (Å²) < 4.78 is 9.98. The number of nitrogen functional groups attached to an aromatic ring is 1. The van der Waals surface area contributed by atoms with E-state index < -0.39 is 11.5 Å². The monoisotopic (exact) mass is 624 g/mol. The summed E-state index contributed by atoms with van der Waals surface area (Å²) in [5.74, 6) is 1.83. The Morgan fingerprint density at radius 3 is 2.76 bits per heavy atom. The number of likely N-dealkylation sites (tertiary alicyclic amines) is 1. The van der Waals surface area contributed by atoms with Crippen LogP contribution in [0.15, 0.2) is 23.0 Å². The topological polar surface area (TPSA) is 161 Å². The smallest absolute Gasteiger partial charge is 0.186 e. The van der Waals surface area contributed by atoms with Gasteiger partial charge in [-0.1, -0.05) is 5.16 Å². The molecule has 3 N–H and O–H groups in total. The lowest BCUT2D eigenvalue weighted by atomic mass is 9.63. The largest absolute Gasteiger partial charge is 0.389 e. The van der Waals surface area contributed by atoms with Gasteiger partial charge in [0, 0.05) is 22.7 Å². The standard InChI is InChI=1S/C32H36N10O2S/c1-17(23-8-6-13-40(23)3)42-31-21(16-35-42)30(41-14-10-22(38-41)18(2)43)36-29(37-31)26-19-7-4-11-32(27(19)44-39-26)12-5-9-24-25(32)20(15-33)28(34)45-24/h10,14,16-18,23,43H,4-9,11-13,34H2,1-3H3. The number of thiophene rings is 1. The first-order valence-electron chi connectivity index (χ1n) is 15.8. The first-order chi connectivity index (χ1) is 21.8. The van der Waals surface area contributed by atoms with Crippen LogP contribution in [0.3, 0.4) is 0 Å². The van der Waals surface area contributed by atoms with Crippen LogP contribution >= 0.6 is 11.3 Å². The molecule has 4 unspecified atom stereocenters. The molecule has 1 aliphatic heterocycles. The van der Waals surface area contributed by atoms with Crippen LogP contribution in [0.25, 0.3) is 28.4 Å². The first kappa shape index (κ1) is 28.4. The van der Waals surface area contributed by atoms with Crippen molar-refractivity contribution in [3.05, 3.63) is 51.5 Å². The van der Waals surface area contributed by atoms with E-state index in [0.717, 1.165) is 80.2 Å². The van der Waals surface area contributed by atoms with Gasteiger partial charge in [-0.2, -0.15) is 15.5 Å². The fourth-order valence-corrected chi connectivity index (χ4v) is 9.25. The Morgan fingerprint density at radius 2 is 2.02 bits per heavy atom. The fraction of sp³-hybridized carbons (Fsp3) is 0.500. The molecule has 5 aromatic heterocycles. The van der Waals surface area contributed by atoms with Crippen LogP contribution in [-0.4, -0.2) is 64.3 Å². The normalized spacial score (nSPS) is 22.9. The van der Waals surface area contributed by atoms with Crippen molar-refractivity contribution in [2.75, 3.05) is 19.3 Å². The van der Waals surface area contributed by atoms with E-state index in [4.69, 9.17) is 25.3 Å². The van der Waals surface area contributed by atoms with Crippen LogP contribution in [0.5, 0.6) is 0 Å². The van der Waals surface area contributed by atoms with Crippen LogP contribution in [-0.2, 0) is 18.3 Å². The number of nitriles is 1. The second-order valence-corrected chi connectivity index (χ2v) is 14.0. The number of likely N-dealkylation sites (N-methyl/N-ethyl adjacent to an activating group) is 1. The average molecular weight is 625 g/mol. The molecule has 0 aromatic carbocycles. The van der Waals surface area contributed by atoms with Crippen molar-refractivity contribution in [2.45, 2.75) is 88.8 Å². The molecule has 0 amide bonds. The number of hydrogen-bond donors (Lipinski definition) is 2. The van der Waals surface area contributed by atoms with Crippen molar-refractivity contribution in [2.24, 2.45) is 0 Å². The second kappa shape index (κ2) is 10.5. The van der Waals surface area contributed by atoms with Crippen LogP contribution < -0.4 is 5.73 Å². The number of nitrogens with zero attached hydrogens (tertiary/aromatic N) is 9. The van der Waals surface area contributed by atoms with Crippen LogP contribution in [0.4, 0.5) is 5.00 Å². The molecule has 0 radical (unpaired) electrons. The summed E-state index contributed by atoms with van der Waals surface area (Å²) in [6.45, 7) is 4.95. The number of fused-ring (bicyclic) bond motifs is 5. The second-order valence-electron chi connectivity index (χ2n) is 12.9. The molecule has 2 aliphatic carbocycles. The molecule has 3 aliphatic rings. The van der Waals surface area contributed by atoms with Crippen molar-refractivity contribution in [3.8, 4) is 23.4 Å². The molecule has 1 saturated heterocycles. The number of hydrogen-bond acceptors (Lipinski definition) is 11. The van der Waals surface area contributed by atoms with E-state index in [9.17, 15) is 10.4 Å². The van der Waals surface area contributed by atoms with Gasteiger partial charge in [0.25, 0.3) is 0 Å². The Hall–Kier alpha value is -4.12. The third kappa shape index (κ3) is 4.19. The van der Waals surface area contributed by atoms with Crippen LogP contribution in [0.1, 0.15) is 97.5 Å². The van der Waals surface area contributed by atoms with E-state index in [1.54, 1.807) is 23.9 Å². The number of aromatic nitrogens is 7.